The molecule has 0 fully saturated rings. The molecule has 0 spiro atoms. The van der Waals surface area contributed by atoms with Gasteiger partial charge in [0.1, 0.15) is 11.5 Å². The quantitative estimate of drug-likeness (QED) is 0.284. The lowest BCUT2D eigenvalue weighted by molar-refractivity contribution is -0.115. The lowest BCUT2D eigenvalue weighted by Crippen LogP contribution is -2.24. The van der Waals surface area contributed by atoms with Gasteiger partial charge in [0.15, 0.2) is 0 Å². The lowest BCUT2D eigenvalue weighted by Gasteiger charge is -2.18. The van der Waals surface area contributed by atoms with E-state index in [0.29, 0.717) is 34.3 Å². The second-order valence-electron chi connectivity index (χ2n) is 7.52. The third kappa shape index (κ3) is 6.50. The van der Waals surface area contributed by atoms with E-state index < -0.39 is 17.1 Å². The number of ether oxygens (including phenoxy) is 2. The molecule has 3 aromatic rings. The average molecular weight is 529 g/mol. The van der Waals surface area contributed by atoms with Crippen molar-refractivity contribution in [2.24, 2.45) is 0 Å². The highest BCUT2D eigenvalue weighted by molar-refractivity contribution is 8.00. The van der Waals surface area contributed by atoms with E-state index in [4.69, 9.17) is 21.1 Å². The SMILES string of the molecule is CCC(Sc1cccc(NC(=O)c2ccccc2C(=O)O)c1)C(=O)Nc1cc(Cl)c(OC)cc1OC. The molecule has 3 aromatic carbocycles. The van der Waals surface area contributed by atoms with Crippen molar-refractivity contribution in [1.82, 2.24) is 0 Å². The van der Waals surface area contributed by atoms with E-state index in [0.717, 1.165) is 4.90 Å². The summed E-state index contributed by atoms with van der Waals surface area (Å²) < 4.78 is 10.5. The Morgan fingerprint density at radius 3 is 2.28 bits per heavy atom. The number of carbonyl (C=O) groups excluding carboxylic acids is 2. The normalized spacial score (nSPS) is 11.3. The van der Waals surface area contributed by atoms with Crippen molar-refractivity contribution >= 4 is 52.5 Å². The van der Waals surface area contributed by atoms with Gasteiger partial charge in [0.25, 0.3) is 5.91 Å². The fourth-order valence-corrected chi connectivity index (χ4v) is 4.62. The Morgan fingerprint density at radius 1 is 0.944 bits per heavy atom. The molecule has 36 heavy (non-hydrogen) atoms. The zero-order chi connectivity index (χ0) is 26.2. The molecule has 8 nitrogen and oxygen atoms in total. The van der Waals surface area contributed by atoms with Crippen LogP contribution in [0.1, 0.15) is 34.1 Å². The number of thioether (sulfide) groups is 1. The molecule has 0 aromatic heterocycles. The molecule has 0 saturated carbocycles. The fourth-order valence-electron chi connectivity index (χ4n) is 3.37. The van der Waals surface area contributed by atoms with Gasteiger partial charge >= 0.3 is 5.97 Å². The molecule has 188 valence electrons. The summed E-state index contributed by atoms with van der Waals surface area (Å²) in [6, 6.07) is 16.1. The number of carbonyl (C=O) groups is 3. The minimum Gasteiger partial charge on any atom is -0.495 e. The number of nitrogens with one attached hydrogen (secondary N) is 2. The summed E-state index contributed by atoms with van der Waals surface area (Å²) in [5.74, 6) is -1.12. The Kier molecular flexibility index (Phi) is 9.21. The zero-order valence-corrected chi connectivity index (χ0v) is 21.4. The molecule has 1 unspecified atom stereocenters. The molecule has 0 aliphatic carbocycles. The summed E-state index contributed by atoms with van der Waals surface area (Å²) in [6.07, 6.45) is 0.533. The summed E-state index contributed by atoms with van der Waals surface area (Å²) in [5, 5.41) is 14.8. The first-order valence-electron chi connectivity index (χ1n) is 10.9. The molecule has 0 aliphatic rings. The van der Waals surface area contributed by atoms with Crippen LogP contribution in [0.4, 0.5) is 11.4 Å². The van der Waals surface area contributed by atoms with Crippen molar-refractivity contribution in [2.75, 3.05) is 24.9 Å². The molecule has 10 heteroatoms. The smallest absolute Gasteiger partial charge is 0.336 e. The predicted molar refractivity (Wildman–Crippen MR) is 141 cm³/mol. The van der Waals surface area contributed by atoms with Crippen LogP contribution in [0, 0.1) is 0 Å². The molecular weight excluding hydrogens is 504 g/mol. The van der Waals surface area contributed by atoms with Gasteiger partial charge in [-0.05, 0) is 42.8 Å². The number of hydrogen-bond donors (Lipinski definition) is 3. The monoisotopic (exact) mass is 528 g/mol. The second kappa shape index (κ2) is 12.3. The van der Waals surface area contributed by atoms with Crippen molar-refractivity contribution in [2.45, 2.75) is 23.5 Å². The maximum absolute atomic E-state index is 13.0. The van der Waals surface area contributed by atoms with Crippen molar-refractivity contribution in [3.05, 3.63) is 76.8 Å². The number of anilines is 2. The molecule has 0 radical (unpaired) electrons. The fraction of sp³-hybridized carbons (Fsp3) is 0.192. The molecule has 1 atom stereocenters. The highest BCUT2D eigenvalue weighted by Gasteiger charge is 2.21. The van der Waals surface area contributed by atoms with Crippen LogP contribution >= 0.6 is 23.4 Å². The molecule has 0 saturated heterocycles. The van der Waals surface area contributed by atoms with Gasteiger partial charge in [0.2, 0.25) is 5.91 Å². The number of aromatic carboxylic acids is 1. The predicted octanol–water partition coefficient (Wildman–Crippen LogP) is 5.82. The van der Waals surface area contributed by atoms with E-state index in [1.54, 1.807) is 42.5 Å². The summed E-state index contributed by atoms with van der Waals surface area (Å²) in [7, 11) is 2.98. The number of carboxylic acids is 1. The first kappa shape index (κ1) is 26.9. The van der Waals surface area contributed by atoms with Crippen LogP contribution in [0.15, 0.2) is 65.6 Å². The average Bonchev–Trinajstić information content (AvgIpc) is 2.87. The van der Waals surface area contributed by atoms with Gasteiger partial charge in [-0.25, -0.2) is 4.79 Å². The van der Waals surface area contributed by atoms with Gasteiger partial charge < -0.3 is 25.2 Å². The molecule has 3 rings (SSSR count). The van der Waals surface area contributed by atoms with E-state index >= 15 is 0 Å². The first-order valence-corrected chi connectivity index (χ1v) is 12.2. The van der Waals surface area contributed by atoms with Crippen LogP contribution in [0.3, 0.4) is 0 Å². The number of benzene rings is 3. The zero-order valence-electron chi connectivity index (χ0n) is 19.8. The molecule has 0 bridgehead atoms. The van der Waals surface area contributed by atoms with Gasteiger partial charge in [0.05, 0.1) is 41.3 Å². The van der Waals surface area contributed by atoms with Crippen LogP contribution in [-0.2, 0) is 4.79 Å². The van der Waals surface area contributed by atoms with Crippen LogP contribution < -0.4 is 20.1 Å². The Hall–Kier alpha value is -3.69. The number of methoxy groups -OCH3 is 2. The number of hydrogen-bond acceptors (Lipinski definition) is 6. The van der Waals surface area contributed by atoms with Gasteiger partial charge in [-0.15, -0.1) is 11.8 Å². The minimum atomic E-state index is -1.18. The van der Waals surface area contributed by atoms with E-state index in [-0.39, 0.29) is 17.0 Å². The van der Waals surface area contributed by atoms with E-state index in [1.165, 1.54) is 38.1 Å². The highest BCUT2D eigenvalue weighted by Crippen LogP contribution is 2.37. The lowest BCUT2D eigenvalue weighted by atomic mass is 10.1. The summed E-state index contributed by atoms with van der Waals surface area (Å²) in [5.41, 5.74) is 0.868. The Bertz CT molecular complexity index is 1280. The number of halogens is 1. The van der Waals surface area contributed by atoms with Crippen LogP contribution in [-0.4, -0.2) is 42.4 Å². The Labute approximate surface area is 217 Å². The van der Waals surface area contributed by atoms with Crippen molar-refractivity contribution in [3.8, 4) is 11.5 Å². The van der Waals surface area contributed by atoms with E-state index in [2.05, 4.69) is 10.6 Å². The number of rotatable bonds is 10. The molecule has 0 heterocycles. The second-order valence-corrected chi connectivity index (χ2v) is 9.21. The highest BCUT2D eigenvalue weighted by atomic mass is 35.5. The largest absolute Gasteiger partial charge is 0.495 e. The summed E-state index contributed by atoms with van der Waals surface area (Å²) in [6.45, 7) is 1.89. The van der Waals surface area contributed by atoms with Gasteiger partial charge in [-0.1, -0.05) is 36.7 Å². The number of carboxylic acid groups (broad SMARTS) is 1. The van der Waals surface area contributed by atoms with E-state index in [9.17, 15) is 19.5 Å². The first-order chi connectivity index (χ1) is 17.3. The van der Waals surface area contributed by atoms with Crippen LogP contribution in [0.2, 0.25) is 5.02 Å². The Balaban J connectivity index is 1.74. The van der Waals surface area contributed by atoms with Crippen LogP contribution in [0.5, 0.6) is 11.5 Å². The van der Waals surface area contributed by atoms with Crippen LogP contribution in [0.25, 0.3) is 0 Å². The molecule has 2 amide bonds. The molecule has 0 aliphatic heterocycles. The van der Waals surface area contributed by atoms with Crippen molar-refractivity contribution in [1.29, 1.82) is 0 Å². The third-order valence-corrected chi connectivity index (χ3v) is 6.82. The van der Waals surface area contributed by atoms with Gasteiger partial charge in [-0.2, -0.15) is 0 Å². The van der Waals surface area contributed by atoms with Crippen molar-refractivity contribution in [3.63, 3.8) is 0 Å². The molecular formula is C26H25ClN2O6S. The van der Waals surface area contributed by atoms with Crippen molar-refractivity contribution < 1.29 is 29.0 Å². The van der Waals surface area contributed by atoms with Gasteiger partial charge in [-0.3, -0.25) is 9.59 Å². The maximum atomic E-state index is 13.0. The topological polar surface area (TPSA) is 114 Å². The molecule has 3 N–H and O–H groups in total. The summed E-state index contributed by atoms with van der Waals surface area (Å²) in [4.78, 5) is 37.9. The standard InChI is InChI=1S/C26H25ClN2O6S/c1-4-23(25(31)29-20-13-19(27)21(34-2)14-22(20)35-3)36-16-9-7-8-15(12-16)28-24(30)17-10-5-6-11-18(17)26(32)33/h5-14,23H,4H2,1-3H3,(H,28,30)(H,29,31)(H,32,33). The summed E-state index contributed by atoms with van der Waals surface area (Å²) >= 11 is 7.54. The Morgan fingerprint density at radius 2 is 1.64 bits per heavy atom. The minimum absolute atomic E-state index is 0.0565. The van der Waals surface area contributed by atoms with Gasteiger partial charge in [0, 0.05) is 16.6 Å². The van der Waals surface area contributed by atoms with E-state index in [1.807, 2.05) is 13.0 Å². The maximum Gasteiger partial charge on any atom is 0.336 e. The number of amides is 2. The third-order valence-electron chi connectivity index (χ3n) is 5.17.